The molecule has 0 amide bonds. The quantitative estimate of drug-likeness (QED) is 0.918. The van der Waals surface area contributed by atoms with Gasteiger partial charge >= 0.3 is 0 Å². The van der Waals surface area contributed by atoms with Crippen molar-refractivity contribution in [1.82, 2.24) is 5.32 Å². The summed E-state index contributed by atoms with van der Waals surface area (Å²) in [6.07, 6.45) is 2.12. The summed E-state index contributed by atoms with van der Waals surface area (Å²) in [5.41, 5.74) is 2.10. The van der Waals surface area contributed by atoms with E-state index in [1.807, 2.05) is 43.4 Å². The molecule has 1 atom stereocenters. The lowest BCUT2D eigenvalue weighted by Crippen LogP contribution is -2.44. The van der Waals surface area contributed by atoms with Crippen molar-refractivity contribution >= 4 is 0 Å². The van der Waals surface area contributed by atoms with Gasteiger partial charge in [-0.1, -0.05) is 60.7 Å². The van der Waals surface area contributed by atoms with Crippen LogP contribution in [0.3, 0.4) is 0 Å². The molecule has 2 aromatic carbocycles. The van der Waals surface area contributed by atoms with Crippen LogP contribution in [0.5, 0.6) is 0 Å². The lowest BCUT2D eigenvalue weighted by Gasteiger charge is -2.42. The number of ether oxygens (including phenoxy) is 2. The molecular formula is C19H23NO2. The summed E-state index contributed by atoms with van der Waals surface area (Å²) in [6.45, 7) is 1.66. The van der Waals surface area contributed by atoms with Crippen LogP contribution in [0.4, 0.5) is 0 Å². The SMILES string of the molecule is CNCC[C@@H]1CCOC(c2ccccc2)(c2ccccc2)O1. The van der Waals surface area contributed by atoms with Gasteiger partial charge in [-0.2, -0.15) is 0 Å². The number of hydrogen-bond acceptors (Lipinski definition) is 3. The predicted molar refractivity (Wildman–Crippen MR) is 87.6 cm³/mol. The molecular weight excluding hydrogens is 274 g/mol. The van der Waals surface area contributed by atoms with Gasteiger partial charge in [0, 0.05) is 11.1 Å². The zero-order valence-corrected chi connectivity index (χ0v) is 13.0. The number of rotatable bonds is 5. The van der Waals surface area contributed by atoms with E-state index in [1.165, 1.54) is 0 Å². The molecule has 1 aliphatic rings. The third-order valence-corrected chi connectivity index (χ3v) is 4.10. The van der Waals surface area contributed by atoms with Crippen LogP contribution < -0.4 is 5.32 Å². The van der Waals surface area contributed by atoms with E-state index in [4.69, 9.17) is 9.47 Å². The van der Waals surface area contributed by atoms with Crippen molar-refractivity contribution in [3.8, 4) is 0 Å². The van der Waals surface area contributed by atoms with Gasteiger partial charge in [-0.05, 0) is 26.4 Å². The van der Waals surface area contributed by atoms with Crippen LogP contribution >= 0.6 is 0 Å². The standard InChI is InChI=1S/C19H23NO2/c1-20-14-12-18-13-15-21-19(22-18,16-8-4-2-5-9-16)17-10-6-3-7-11-17/h2-11,18,20H,12-15H2,1H3/t18-/m1/s1. The van der Waals surface area contributed by atoms with E-state index in [0.717, 1.165) is 30.5 Å². The highest BCUT2D eigenvalue weighted by Crippen LogP contribution is 2.39. The Balaban J connectivity index is 1.97. The molecule has 1 aliphatic heterocycles. The molecule has 0 aliphatic carbocycles. The van der Waals surface area contributed by atoms with Crippen molar-refractivity contribution in [3.63, 3.8) is 0 Å². The van der Waals surface area contributed by atoms with Gasteiger partial charge < -0.3 is 14.8 Å². The van der Waals surface area contributed by atoms with Crippen LogP contribution in [0.2, 0.25) is 0 Å². The highest BCUT2D eigenvalue weighted by atomic mass is 16.7. The van der Waals surface area contributed by atoms with Crippen molar-refractivity contribution in [2.24, 2.45) is 0 Å². The summed E-state index contributed by atoms with van der Waals surface area (Å²) >= 11 is 0. The third kappa shape index (κ3) is 3.07. The second kappa shape index (κ2) is 7.05. The molecule has 3 heteroatoms. The zero-order valence-electron chi connectivity index (χ0n) is 13.0. The molecule has 1 saturated heterocycles. The highest BCUT2D eigenvalue weighted by molar-refractivity contribution is 5.34. The third-order valence-electron chi connectivity index (χ3n) is 4.10. The van der Waals surface area contributed by atoms with Crippen molar-refractivity contribution in [1.29, 1.82) is 0 Å². The van der Waals surface area contributed by atoms with Gasteiger partial charge in [-0.25, -0.2) is 0 Å². The molecule has 3 nitrogen and oxygen atoms in total. The Morgan fingerprint density at radius 3 is 2.14 bits per heavy atom. The smallest absolute Gasteiger partial charge is 0.222 e. The fourth-order valence-electron chi connectivity index (χ4n) is 2.95. The fraction of sp³-hybridized carbons (Fsp3) is 0.368. The van der Waals surface area contributed by atoms with Gasteiger partial charge in [0.1, 0.15) is 0 Å². The van der Waals surface area contributed by atoms with Crippen LogP contribution in [0.25, 0.3) is 0 Å². The minimum absolute atomic E-state index is 0.196. The van der Waals surface area contributed by atoms with Gasteiger partial charge in [-0.3, -0.25) is 0 Å². The van der Waals surface area contributed by atoms with E-state index in [0.29, 0.717) is 6.61 Å². The Morgan fingerprint density at radius 2 is 1.59 bits per heavy atom. The summed E-state index contributed by atoms with van der Waals surface area (Å²) in [5.74, 6) is -0.792. The molecule has 3 rings (SSSR count). The van der Waals surface area contributed by atoms with Crippen molar-refractivity contribution in [2.75, 3.05) is 20.2 Å². The average Bonchev–Trinajstić information content (AvgIpc) is 2.61. The summed E-state index contributed by atoms with van der Waals surface area (Å²) in [6, 6.07) is 20.5. The minimum Gasteiger partial charge on any atom is -0.342 e. The molecule has 1 fully saturated rings. The Bertz CT molecular complexity index is 531. The molecule has 0 unspecified atom stereocenters. The van der Waals surface area contributed by atoms with E-state index in [-0.39, 0.29) is 6.10 Å². The maximum atomic E-state index is 6.49. The fourth-order valence-corrected chi connectivity index (χ4v) is 2.95. The van der Waals surface area contributed by atoms with Gasteiger partial charge in [0.25, 0.3) is 0 Å². The maximum absolute atomic E-state index is 6.49. The minimum atomic E-state index is -0.792. The van der Waals surface area contributed by atoms with E-state index < -0.39 is 5.79 Å². The topological polar surface area (TPSA) is 30.5 Å². The number of benzene rings is 2. The Labute approximate surface area is 132 Å². The van der Waals surface area contributed by atoms with Crippen LogP contribution in [-0.4, -0.2) is 26.3 Å². The van der Waals surface area contributed by atoms with Crippen LogP contribution in [0.1, 0.15) is 24.0 Å². The summed E-state index contributed by atoms with van der Waals surface area (Å²) < 4.78 is 12.7. The van der Waals surface area contributed by atoms with Gasteiger partial charge in [0.15, 0.2) is 0 Å². The molecule has 0 radical (unpaired) electrons. The monoisotopic (exact) mass is 297 g/mol. The maximum Gasteiger partial charge on any atom is 0.222 e. The molecule has 1 heterocycles. The van der Waals surface area contributed by atoms with E-state index in [9.17, 15) is 0 Å². The predicted octanol–water partition coefficient (Wildman–Crippen LogP) is 3.30. The highest BCUT2D eigenvalue weighted by Gasteiger charge is 2.41. The molecule has 0 spiro atoms. The first-order valence-corrected chi connectivity index (χ1v) is 7.92. The summed E-state index contributed by atoms with van der Waals surface area (Å²) in [4.78, 5) is 0. The van der Waals surface area contributed by atoms with Crippen molar-refractivity contribution in [3.05, 3.63) is 71.8 Å². The van der Waals surface area contributed by atoms with Gasteiger partial charge in [-0.15, -0.1) is 0 Å². The second-order valence-corrected chi connectivity index (χ2v) is 5.62. The average molecular weight is 297 g/mol. The molecule has 0 saturated carbocycles. The first-order valence-electron chi connectivity index (χ1n) is 7.92. The van der Waals surface area contributed by atoms with Gasteiger partial charge in [0.05, 0.1) is 12.7 Å². The lowest BCUT2D eigenvalue weighted by atomic mass is 9.95. The molecule has 0 aromatic heterocycles. The van der Waals surface area contributed by atoms with Crippen LogP contribution in [0, 0.1) is 0 Å². The zero-order chi connectivity index (χ0) is 15.3. The number of hydrogen-bond donors (Lipinski definition) is 1. The Hall–Kier alpha value is -1.68. The lowest BCUT2D eigenvalue weighted by molar-refractivity contribution is -0.279. The van der Waals surface area contributed by atoms with Crippen molar-refractivity contribution in [2.45, 2.75) is 24.7 Å². The first-order chi connectivity index (χ1) is 10.8. The molecule has 1 N–H and O–H groups in total. The van der Waals surface area contributed by atoms with Crippen LogP contribution in [-0.2, 0) is 15.3 Å². The van der Waals surface area contributed by atoms with Crippen LogP contribution in [0.15, 0.2) is 60.7 Å². The Kier molecular flexibility index (Phi) is 4.88. The number of nitrogens with one attached hydrogen (secondary N) is 1. The molecule has 22 heavy (non-hydrogen) atoms. The van der Waals surface area contributed by atoms with E-state index in [2.05, 4.69) is 29.6 Å². The normalized spacial score (nSPS) is 20.7. The molecule has 116 valence electrons. The summed E-state index contributed by atoms with van der Waals surface area (Å²) in [5, 5.41) is 3.20. The second-order valence-electron chi connectivity index (χ2n) is 5.62. The molecule has 2 aromatic rings. The Morgan fingerprint density at radius 1 is 1.00 bits per heavy atom. The first kappa shape index (κ1) is 15.2. The van der Waals surface area contributed by atoms with Gasteiger partial charge in [0.2, 0.25) is 5.79 Å². The molecule has 0 bridgehead atoms. The largest absolute Gasteiger partial charge is 0.342 e. The van der Waals surface area contributed by atoms with E-state index in [1.54, 1.807) is 0 Å². The summed E-state index contributed by atoms with van der Waals surface area (Å²) in [7, 11) is 1.97. The van der Waals surface area contributed by atoms with Crippen molar-refractivity contribution < 1.29 is 9.47 Å². The van der Waals surface area contributed by atoms with E-state index >= 15 is 0 Å².